The molecule has 0 spiro atoms. The fourth-order valence-electron chi connectivity index (χ4n) is 3.34. The molecule has 2 aromatic carbocycles. The Hall–Kier alpha value is -3.79. The van der Waals surface area contributed by atoms with Gasteiger partial charge in [0.25, 0.3) is 11.6 Å². The van der Waals surface area contributed by atoms with Gasteiger partial charge in [-0.3, -0.25) is 9.52 Å². The Morgan fingerprint density at radius 1 is 1.09 bits per heavy atom. The number of pyridine rings is 1. The van der Waals surface area contributed by atoms with E-state index in [1.54, 1.807) is 57.2 Å². The Bertz CT molecular complexity index is 1460. The molecule has 4 rings (SSSR count). The van der Waals surface area contributed by atoms with E-state index in [1.807, 2.05) is 0 Å². The van der Waals surface area contributed by atoms with E-state index >= 15 is 0 Å². The van der Waals surface area contributed by atoms with Crippen molar-refractivity contribution in [2.45, 2.75) is 20.8 Å². The van der Waals surface area contributed by atoms with Crippen molar-refractivity contribution in [1.29, 1.82) is 0 Å². The van der Waals surface area contributed by atoms with Gasteiger partial charge in [-0.1, -0.05) is 5.16 Å². The molecule has 0 unspecified atom stereocenters. The van der Waals surface area contributed by atoms with Crippen LogP contribution in [0, 0.1) is 19.7 Å². The Balaban J connectivity index is 1.69. The lowest BCUT2D eigenvalue weighted by Crippen LogP contribution is -2.16. The molecule has 2 heterocycles. The lowest BCUT2D eigenvalue weighted by molar-refractivity contribution is 0.102. The van der Waals surface area contributed by atoms with Gasteiger partial charge in [0.15, 0.2) is 0 Å². The zero-order chi connectivity index (χ0) is 23.8. The smallest absolute Gasteiger partial charge is 0.259 e. The van der Waals surface area contributed by atoms with Gasteiger partial charge in [0.1, 0.15) is 5.82 Å². The maximum absolute atomic E-state index is 13.3. The molecule has 8 nitrogen and oxygen atoms in total. The molecule has 2 aromatic heterocycles. The van der Waals surface area contributed by atoms with Crippen LogP contribution in [0.1, 0.15) is 28.5 Å². The van der Waals surface area contributed by atoms with E-state index in [0.29, 0.717) is 44.8 Å². The van der Waals surface area contributed by atoms with Crippen LogP contribution in [0.3, 0.4) is 0 Å². The third kappa shape index (κ3) is 4.70. The molecule has 4 aromatic rings. The molecule has 1 amide bonds. The molecule has 0 saturated heterocycles. The van der Waals surface area contributed by atoms with Crippen LogP contribution in [0.25, 0.3) is 22.4 Å². The molecule has 0 fully saturated rings. The Morgan fingerprint density at radius 2 is 1.82 bits per heavy atom. The number of nitrogens with zero attached hydrogens (tertiary/aromatic N) is 2. The van der Waals surface area contributed by atoms with Gasteiger partial charge in [0.05, 0.1) is 33.8 Å². The molecule has 2 N–H and O–H groups in total. The van der Waals surface area contributed by atoms with E-state index in [-0.39, 0.29) is 17.3 Å². The molecular weight excluding hydrogens is 447 g/mol. The lowest BCUT2D eigenvalue weighted by Gasteiger charge is -2.12. The first-order chi connectivity index (χ1) is 15.7. The number of nitrogens with one attached hydrogen (secondary N) is 2. The van der Waals surface area contributed by atoms with Gasteiger partial charge in [0.2, 0.25) is 10.0 Å². The second-order valence-corrected chi connectivity index (χ2v) is 9.51. The first kappa shape index (κ1) is 22.4. The van der Waals surface area contributed by atoms with Crippen LogP contribution < -0.4 is 10.0 Å². The fraction of sp³-hybridized carbons (Fsp3) is 0.174. The van der Waals surface area contributed by atoms with Gasteiger partial charge in [0, 0.05) is 11.3 Å². The summed E-state index contributed by atoms with van der Waals surface area (Å²) in [6.07, 6.45) is 0. The first-order valence-corrected chi connectivity index (χ1v) is 11.8. The van der Waals surface area contributed by atoms with E-state index in [9.17, 15) is 17.6 Å². The fourth-order valence-corrected chi connectivity index (χ4v) is 4.04. The third-order valence-electron chi connectivity index (χ3n) is 5.13. The van der Waals surface area contributed by atoms with E-state index in [2.05, 4.69) is 20.2 Å². The van der Waals surface area contributed by atoms with Crippen LogP contribution >= 0.6 is 0 Å². The predicted octanol–water partition coefficient (Wildman–Crippen LogP) is 4.66. The van der Waals surface area contributed by atoms with Crippen molar-refractivity contribution in [3.05, 3.63) is 71.2 Å². The monoisotopic (exact) mass is 468 g/mol. The molecule has 10 heteroatoms. The SMILES string of the molecule is CCS(=O)(=O)Nc1ccc(NC(=O)c2cc(-c3ccc(F)cc3)nc3onc(C)c23)cc1C. The second-order valence-electron chi connectivity index (χ2n) is 7.50. The molecule has 170 valence electrons. The zero-order valence-corrected chi connectivity index (χ0v) is 19.0. The maximum atomic E-state index is 13.3. The summed E-state index contributed by atoms with van der Waals surface area (Å²) in [5, 5.41) is 7.22. The Labute approximate surface area is 189 Å². The standard InChI is InChI=1S/C23H21FN4O4S/c1-4-33(30,31)28-19-10-9-17(11-13(19)2)25-22(29)18-12-20(15-5-7-16(24)8-6-15)26-23-21(18)14(3)27-32-23/h5-12,28H,4H2,1-3H3,(H,25,29). The summed E-state index contributed by atoms with van der Waals surface area (Å²) >= 11 is 0. The van der Waals surface area contributed by atoms with E-state index in [4.69, 9.17) is 4.52 Å². The summed E-state index contributed by atoms with van der Waals surface area (Å²) in [6.45, 7) is 5.00. The van der Waals surface area contributed by atoms with Crippen LogP contribution in [0.2, 0.25) is 0 Å². The molecule has 0 aliphatic rings. The summed E-state index contributed by atoms with van der Waals surface area (Å²) in [5.74, 6) is -0.844. The summed E-state index contributed by atoms with van der Waals surface area (Å²) in [6, 6.07) is 12.2. The average molecular weight is 469 g/mol. The summed E-state index contributed by atoms with van der Waals surface area (Å²) < 4.78 is 44.8. The maximum Gasteiger partial charge on any atom is 0.259 e. The average Bonchev–Trinajstić information content (AvgIpc) is 3.16. The van der Waals surface area contributed by atoms with Crippen molar-refractivity contribution < 1.29 is 22.1 Å². The number of carbonyl (C=O) groups is 1. The Morgan fingerprint density at radius 3 is 2.48 bits per heavy atom. The molecule has 0 aliphatic carbocycles. The van der Waals surface area contributed by atoms with Crippen LogP contribution in [0.4, 0.5) is 15.8 Å². The van der Waals surface area contributed by atoms with Crippen molar-refractivity contribution in [2.24, 2.45) is 0 Å². The van der Waals surface area contributed by atoms with Crippen molar-refractivity contribution in [3.63, 3.8) is 0 Å². The number of carbonyl (C=O) groups excluding carboxylic acids is 1. The van der Waals surface area contributed by atoms with Crippen molar-refractivity contribution in [1.82, 2.24) is 10.1 Å². The molecular formula is C23H21FN4O4S. The Kier molecular flexibility index (Phi) is 5.86. The first-order valence-electron chi connectivity index (χ1n) is 10.1. The summed E-state index contributed by atoms with van der Waals surface area (Å²) in [5.41, 5.74) is 3.63. The molecule has 0 atom stereocenters. The minimum absolute atomic E-state index is 0.0442. The van der Waals surface area contributed by atoms with Gasteiger partial charge in [-0.25, -0.2) is 17.8 Å². The number of benzene rings is 2. The van der Waals surface area contributed by atoms with Crippen LogP contribution in [0.15, 0.2) is 53.1 Å². The highest BCUT2D eigenvalue weighted by molar-refractivity contribution is 7.92. The number of amides is 1. The number of aryl methyl sites for hydroxylation is 2. The minimum atomic E-state index is -3.42. The number of sulfonamides is 1. The highest BCUT2D eigenvalue weighted by atomic mass is 32.2. The van der Waals surface area contributed by atoms with Crippen molar-refractivity contribution in [3.8, 4) is 11.3 Å². The van der Waals surface area contributed by atoms with Crippen LogP contribution in [-0.2, 0) is 10.0 Å². The number of hydrogen-bond donors (Lipinski definition) is 2. The third-order valence-corrected chi connectivity index (χ3v) is 6.42. The number of anilines is 2. The molecule has 33 heavy (non-hydrogen) atoms. The topological polar surface area (TPSA) is 114 Å². The molecule has 0 aliphatic heterocycles. The van der Waals surface area contributed by atoms with Gasteiger partial charge in [-0.05, 0) is 74.9 Å². The van der Waals surface area contributed by atoms with E-state index in [1.165, 1.54) is 12.1 Å². The summed E-state index contributed by atoms with van der Waals surface area (Å²) in [7, 11) is -3.42. The number of hydrogen-bond acceptors (Lipinski definition) is 6. The normalized spacial score (nSPS) is 11.5. The number of rotatable bonds is 6. The zero-order valence-electron chi connectivity index (χ0n) is 18.1. The van der Waals surface area contributed by atoms with Crippen LogP contribution in [-0.4, -0.2) is 30.2 Å². The number of aromatic nitrogens is 2. The lowest BCUT2D eigenvalue weighted by atomic mass is 10.0. The minimum Gasteiger partial charge on any atom is -0.335 e. The number of halogens is 1. The highest BCUT2D eigenvalue weighted by Crippen LogP contribution is 2.28. The number of fused-ring (bicyclic) bond motifs is 1. The van der Waals surface area contributed by atoms with Crippen LogP contribution in [0.5, 0.6) is 0 Å². The summed E-state index contributed by atoms with van der Waals surface area (Å²) in [4.78, 5) is 17.6. The van der Waals surface area contributed by atoms with Gasteiger partial charge < -0.3 is 9.84 Å². The molecule has 0 radical (unpaired) electrons. The molecule has 0 bridgehead atoms. The largest absolute Gasteiger partial charge is 0.335 e. The predicted molar refractivity (Wildman–Crippen MR) is 124 cm³/mol. The second kappa shape index (κ2) is 8.62. The van der Waals surface area contributed by atoms with Crippen molar-refractivity contribution >= 4 is 38.4 Å². The highest BCUT2D eigenvalue weighted by Gasteiger charge is 2.20. The van der Waals surface area contributed by atoms with Gasteiger partial charge in [-0.15, -0.1) is 0 Å². The van der Waals surface area contributed by atoms with Gasteiger partial charge in [-0.2, -0.15) is 0 Å². The van der Waals surface area contributed by atoms with E-state index < -0.39 is 15.9 Å². The van der Waals surface area contributed by atoms with Crippen molar-refractivity contribution in [2.75, 3.05) is 15.8 Å². The quantitative estimate of drug-likeness (QED) is 0.425. The van der Waals surface area contributed by atoms with E-state index in [0.717, 1.165) is 0 Å². The van der Waals surface area contributed by atoms with Gasteiger partial charge >= 0.3 is 0 Å². The molecule has 0 saturated carbocycles.